The number of imidazole rings is 1. The Morgan fingerprint density at radius 2 is 2.12 bits per heavy atom. The van der Waals surface area contributed by atoms with Crippen LogP contribution in [-0.4, -0.2) is 9.55 Å². The van der Waals surface area contributed by atoms with E-state index in [1.54, 1.807) is 6.20 Å². The average Bonchev–Trinajstić information content (AvgIpc) is 2.71. The highest BCUT2D eigenvalue weighted by molar-refractivity contribution is 5.19. The first-order valence-corrected chi connectivity index (χ1v) is 5.64. The minimum atomic E-state index is -0.550. The molecule has 0 radical (unpaired) electrons. The van der Waals surface area contributed by atoms with Gasteiger partial charge in [-0.2, -0.15) is 0 Å². The summed E-state index contributed by atoms with van der Waals surface area (Å²) in [7, 11) is 0. The Morgan fingerprint density at radius 1 is 1.29 bits per heavy atom. The summed E-state index contributed by atoms with van der Waals surface area (Å²) in [6.45, 7) is 2.46. The van der Waals surface area contributed by atoms with E-state index in [9.17, 15) is 8.78 Å². The molecule has 2 aromatic rings. The molecular formula is C13H14F2N2. The number of rotatable bonds is 4. The predicted octanol–water partition coefficient (Wildman–Crippen LogP) is 3.16. The van der Waals surface area contributed by atoms with Gasteiger partial charge in [-0.1, -0.05) is 13.0 Å². The standard InChI is InChI=1S/C13H14F2N2/c1-2-3-13-16-6-7-17(13)9-10-4-5-11(14)8-12(10)15/h4-8H,2-3,9H2,1H3. The second-order valence-corrected chi connectivity index (χ2v) is 3.96. The molecule has 4 heteroatoms. The van der Waals surface area contributed by atoms with E-state index in [1.807, 2.05) is 10.8 Å². The lowest BCUT2D eigenvalue weighted by Crippen LogP contribution is -2.06. The zero-order valence-corrected chi connectivity index (χ0v) is 9.66. The molecule has 1 aromatic heterocycles. The van der Waals surface area contributed by atoms with Gasteiger partial charge in [0, 0.05) is 30.4 Å². The summed E-state index contributed by atoms with van der Waals surface area (Å²) in [4.78, 5) is 4.22. The third kappa shape index (κ3) is 2.70. The van der Waals surface area contributed by atoms with Crippen LogP contribution in [0, 0.1) is 11.6 Å². The zero-order chi connectivity index (χ0) is 12.3. The Bertz CT molecular complexity index is 506. The topological polar surface area (TPSA) is 17.8 Å². The van der Waals surface area contributed by atoms with Crippen molar-refractivity contribution >= 4 is 0 Å². The third-order valence-electron chi connectivity index (χ3n) is 2.63. The molecule has 1 heterocycles. The van der Waals surface area contributed by atoms with Gasteiger partial charge < -0.3 is 4.57 Å². The Morgan fingerprint density at radius 3 is 2.82 bits per heavy atom. The lowest BCUT2D eigenvalue weighted by atomic mass is 10.2. The number of hydrogen-bond acceptors (Lipinski definition) is 1. The summed E-state index contributed by atoms with van der Waals surface area (Å²) in [5.41, 5.74) is 0.474. The van der Waals surface area contributed by atoms with Crippen LogP contribution in [0.1, 0.15) is 24.7 Å². The minimum Gasteiger partial charge on any atom is -0.330 e. The number of aromatic nitrogens is 2. The molecule has 2 rings (SSSR count). The third-order valence-corrected chi connectivity index (χ3v) is 2.63. The van der Waals surface area contributed by atoms with Gasteiger partial charge >= 0.3 is 0 Å². The summed E-state index contributed by atoms with van der Waals surface area (Å²) in [5.74, 6) is -0.136. The van der Waals surface area contributed by atoms with Crippen LogP contribution in [-0.2, 0) is 13.0 Å². The van der Waals surface area contributed by atoms with Crippen LogP contribution in [0.25, 0.3) is 0 Å². The van der Waals surface area contributed by atoms with Crippen molar-refractivity contribution in [1.82, 2.24) is 9.55 Å². The number of benzene rings is 1. The molecule has 0 aliphatic carbocycles. The molecule has 0 aliphatic heterocycles. The molecule has 0 saturated heterocycles. The molecule has 17 heavy (non-hydrogen) atoms. The molecule has 1 aromatic carbocycles. The van der Waals surface area contributed by atoms with Crippen molar-refractivity contribution in [3.8, 4) is 0 Å². The van der Waals surface area contributed by atoms with Crippen LogP contribution >= 0.6 is 0 Å². The van der Waals surface area contributed by atoms with Crippen LogP contribution < -0.4 is 0 Å². The van der Waals surface area contributed by atoms with Gasteiger partial charge in [0.05, 0.1) is 6.54 Å². The highest BCUT2D eigenvalue weighted by atomic mass is 19.1. The van der Waals surface area contributed by atoms with Crippen LogP contribution in [0.2, 0.25) is 0 Å². The smallest absolute Gasteiger partial charge is 0.131 e. The van der Waals surface area contributed by atoms with Gasteiger partial charge in [-0.05, 0) is 12.5 Å². The first-order valence-electron chi connectivity index (χ1n) is 5.64. The average molecular weight is 236 g/mol. The predicted molar refractivity (Wildman–Crippen MR) is 61.7 cm³/mol. The Balaban J connectivity index is 2.22. The first kappa shape index (κ1) is 11.8. The Labute approximate surface area is 98.9 Å². The molecule has 0 saturated carbocycles. The van der Waals surface area contributed by atoms with Crippen LogP contribution in [0.3, 0.4) is 0 Å². The van der Waals surface area contributed by atoms with Crippen molar-refractivity contribution in [3.05, 3.63) is 53.6 Å². The number of halogens is 2. The summed E-state index contributed by atoms with van der Waals surface area (Å²) < 4.78 is 28.1. The van der Waals surface area contributed by atoms with Crippen molar-refractivity contribution < 1.29 is 8.78 Å². The number of nitrogens with zero attached hydrogens (tertiary/aromatic N) is 2. The minimum absolute atomic E-state index is 0.390. The van der Waals surface area contributed by atoms with E-state index in [0.29, 0.717) is 12.1 Å². The Kier molecular flexibility index (Phi) is 3.52. The summed E-state index contributed by atoms with van der Waals surface area (Å²) in [6.07, 6.45) is 5.36. The monoisotopic (exact) mass is 236 g/mol. The van der Waals surface area contributed by atoms with E-state index in [1.165, 1.54) is 12.1 Å². The van der Waals surface area contributed by atoms with E-state index < -0.39 is 11.6 Å². The van der Waals surface area contributed by atoms with Gasteiger partial charge in [0.2, 0.25) is 0 Å². The van der Waals surface area contributed by atoms with Crippen LogP contribution in [0.4, 0.5) is 8.78 Å². The van der Waals surface area contributed by atoms with E-state index in [2.05, 4.69) is 11.9 Å². The second-order valence-electron chi connectivity index (χ2n) is 3.96. The normalized spacial score (nSPS) is 10.8. The summed E-state index contributed by atoms with van der Waals surface area (Å²) in [6, 6.07) is 3.65. The fourth-order valence-electron chi connectivity index (χ4n) is 1.77. The Hall–Kier alpha value is -1.71. The van der Waals surface area contributed by atoms with E-state index in [-0.39, 0.29) is 0 Å². The van der Waals surface area contributed by atoms with Gasteiger partial charge in [0.25, 0.3) is 0 Å². The number of aryl methyl sites for hydroxylation is 1. The molecule has 0 bridgehead atoms. The maximum Gasteiger partial charge on any atom is 0.131 e. The largest absolute Gasteiger partial charge is 0.330 e. The van der Waals surface area contributed by atoms with E-state index >= 15 is 0 Å². The van der Waals surface area contributed by atoms with Crippen molar-refractivity contribution in [3.63, 3.8) is 0 Å². The molecule has 90 valence electrons. The van der Waals surface area contributed by atoms with E-state index in [4.69, 9.17) is 0 Å². The lowest BCUT2D eigenvalue weighted by Gasteiger charge is -2.08. The van der Waals surface area contributed by atoms with Gasteiger partial charge in [0.1, 0.15) is 17.5 Å². The first-order chi connectivity index (χ1) is 8.20. The molecule has 0 unspecified atom stereocenters. The molecule has 0 N–H and O–H groups in total. The van der Waals surface area contributed by atoms with E-state index in [0.717, 1.165) is 24.7 Å². The quantitative estimate of drug-likeness (QED) is 0.797. The summed E-state index contributed by atoms with van der Waals surface area (Å²) >= 11 is 0. The fraction of sp³-hybridized carbons (Fsp3) is 0.308. The van der Waals surface area contributed by atoms with Crippen molar-refractivity contribution in [2.75, 3.05) is 0 Å². The highest BCUT2D eigenvalue weighted by Crippen LogP contribution is 2.12. The van der Waals surface area contributed by atoms with Gasteiger partial charge in [0.15, 0.2) is 0 Å². The second kappa shape index (κ2) is 5.08. The molecule has 2 nitrogen and oxygen atoms in total. The van der Waals surface area contributed by atoms with Crippen LogP contribution in [0.15, 0.2) is 30.6 Å². The molecule has 0 amide bonds. The highest BCUT2D eigenvalue weighted by Gasteiger charge is 2.07. The van der Waals surface area contributed by atoms with Gasteiger partial charge in [-0.15, -0.1) is 0 Å². The summed E-state index contributed by atoms with van der Waals surface area (Å²) in [5, 5.41) is 0. The molecule has 0 aliphatic rings. The van der Waals surface area contributed by atoms with Gasteiger partial charge in [-0.3, -0.25) is 0 Å². The molecular weight excluding hydrogens is 222 g/mol. The SMILES string of the molecule is CCCc1nccn1Cc1ccc(F)cc1F. The molecule has 0 spiro atoms. The fourth-order valence-corrected chi connectivity index (χ4v) is 1.77. The molecule has 0 fully saturated rings. The van der Waals surface area contributed by atoms with Crippen molar-refractivity contribution in [2.45, 2.75) is 26.3 Å². The zero-order valence-electron chi connectivity index (χ0n) is 9.66. The lowest BCUT2D eigenvalue weighted by molar-refractivity contribution is 0.563. The van der Waals surface area contributed by atoms with Crippen molar-refractivity contribution in [2.24, 2.45) is 0 Å². The molecule has 0 atom stereocenters. The number of hydrogen-bond donors (Lipinski definition) is 0. The van der Waals surface area contributed by atoms with Crippen LogP contribution in [0.5, 0.6) is 0 Å². The van der Waals surface area contributed by atoms with Gasteiger partial charge in [-0.25, -0.2) is 13.8 Å². The van der Waals surface area contributed by atoms with Crippen molar-refractivity contribution in [1.29, 1.82) is 0 Å². The maximum atomic E-state index is 13.5. The maximum absolute atomic E-state index is 13.5.